The van der Waals surface area contributed by atoms with Crippen LogP contribution in [0.1, 0.15) is 18.9 Å². The summed E-state index contributed by atoms with van der Waals surface area (Å²) in [4.78, 5) is 4.02. The Kier molecular flexibility index (Phi) is 10.4. The lowest BCUT2D eigenvalue weighted by atomic mass is 10.2. The van der Waals surface area contributed by atoms with Crippen molar-refractivity contribution in [1.82, 2.24) is 10.0 Å². The molecule has 0 bridgehead atoms. The smallest absolute Gasteiger partial charge is 0.213 e. The molecule has 0 saturated heterocycles. The summed E-state index contributed by atoms with van der Waals surface area (Å²) in [6, 6.07) is 9.37. The van der Waals surface area contributed by atoms with E-state index in [9.17, 15) is 8.42 Å². The van der Waals surface area contributed by atoms with Gasteiger partial charge in [-0.05, 0) is 12.0 Å². The predicted octanol–water partition coefficient (Wildman–Crippen LogP) is 1.04. The predicted molar refractivity (Wildman–Crippen MR) is 97.3 cm³/mol. The highest BCUT2D eigenvalue weighted by atomic mass is 127. The Morgan fingerprint density at radius 3 is 2.57 bits per heavy atom. The Morgan fingerprint density at radius 1 is 1.29 bits per heavy atom. The van der Waals surface area contributed by atoms with Gasteiger partial charge in [0.25, 0.3) is 0 Å². The molecular weight excluding hydrogens is 403 g/mol. The summed E-state index contributed by atoms with van der Waals surface area (Å²) >= 11 is 0. The van der Waals surface area contributed by atoms with Gasteiger partial charge in [-0.2, -0.15) is 0 Å². The molecule has 0 aliphatic heterocycles. The van der Waals surface area contributed by atoms with Crippen molar-refractivity contribution < 1.29 is 8.42 Å². The zero-order valence-electron chi connectivity index (χ0n) is 12.1. The number of hydrogen-bond acceptors (Lipinski definition) is 3. The van der Waals surface area contributed by atoms with Crippen molar-refractivity contribution in [2.75, 3.05) is 18.8 Å². The van der Waals surface area contributed by atoms with Crippen molar-refractivity contribution in [2.45, 2.75) is 19.9 Å². The van der Waals surface area contributed by atoms with Crippen LogP contribution in [-0.4, -0.2) is 33.2 Å². The van der Waals surface area contributed by atoms with E-state index in [4.69, 9.17) is 5.73 Å². The monoisotopic (exact) mass is 426 g/mol. The van der Waals surface area contributed by atoms with Gasteiger partial charge in [-0.15, -0.1) is 24.0 Å². The molecule has 0 amide bonds. The fourth-order valence-electron chi connectivity index (χ4n) is 1.46. The number of nitrogens with one attached hydrogen (secondary N) is 2. The molecule has 0 spiro atoms. The molecule has 0 fully saturated rings. The van der Waals surface area contributed by atoms with Crippen molar-refractivity contribution in [3.8, 4) is 0 Å². The van der Waals surface area contributed by atoms with Gasteiger partial charge in [0.15, 0.2) is 5.96 Å². The summed E-state index contributed by atoms with van der Waals surface area (Å²) in [6.07, 6.45) is 0.902. The van der Waals surface area contributed by atoms with Gasteiger partial charge < -0.3 is 11.1 Å². The van der Waals surface area contributed by atoms with E-state index in [0.717, 1.165) is 12.0 Å². The molecule has 6 nitrogen and oxygen atoms in total. The van der Waals surface area contributed by atoms with E-state index in [0.29, 0.717) is 13.1 Å². The average Bonchev–Trinajstić information content (AvgIpc) is 2.44. The number of halogens is 1. The van der Waals surface area contributed by atoms with E-state index < -0.39 is 10.0 Å². The van der Waals surface area contributed by atoms with Crippen LogP contribution >= 0.6 is 24.0 Å². The van der Waals surface area contributed by atoms with Crippen LogP contribution in [0.5, 0.6) is 0 Å². The highest BCUT2D eigenvalue weighted by molar-refractivity contribution is 14.0. The fraction of sp³-hybridized carbons (Fsp3) is 0.462. The second-order valence-electron chi connectivity index (χ2n) is 4.32. The zero-order valence-corrected chi connectivity index (χ0v) is 15.2. The summed E-state index contributed by atoms with van der Waals surface area (Å²) in [7, 11) is -3.32. The molecule has 1 rings (SSSR count). The number of guanidine groups is 1. The second kappa shape index (κ2) is 10.8. The highest BCUT2D eigenvalue weighted by Crippen LogP contribution is 1.98. The Bertz CT molecular complexity index is 520. The fourth-order valence-corrected chi connectivity index (χ4v) is 2.36. The molecule has 1 aromatic carbocycles. The van der Waals surface area contributed by atoms with Crippen LogP contribution in [0.3, 0.4) is 0 Å². The number of nitrogens with zero attached hydrogens (tertiary/aromatic N) is 1. The Morgan fingerprint density at radius 2 is 1.95 bits per heavy atom. The lowest BCUT2D eigenvalue weighted by Gasteiger charge is -2.08. The Balaban J connectivity index is 0.00000400. The number of sulfonamides is 1. The maximum atomic E-state index is 11.8. The van der Waals surface area contributed by atoms with Gasteiger partial charge in [0, 0.05) is 19.6 Å². The normalized spacial score (nSPS) is 11.8. The van der Waals surface area contributed by atoms with Crippen LogP contribution in [0, 0.1) is 0 Å². The molecule has 0 atom stereocenters. The molecule has 0 heterocycles. The van der Waals surface area contributed by atoms with Crippen LogP contribution in [-0.2, 0) is 16.6 Å². The molecule has 0 radical (unpaired) electrons. The van der Waals surface area contributed by atoms with Gasteiger partial charge in [-0.1, -0.05) is 37.3 Å². The number of aliphatic imine (C=N–C) groups is 1. The van der Waals surface area contributed by atoms with Crippen molar-refractivity contribution in [1.29, 1.82) is 0 Å². The van der Waals surface area contributed by atoms with E-state index in [1.54, 1.807) is 0 Å². The maximum Gasteiger partial charge on any atom is 0.213 e. The minimum atomic E-state index is -3.32. The SMILES string of the molecule is CCCN=C(N)NCCS(=O)(=O)NCc1ccccc1.I. The van der Waals surface area contributed by atoms with E-state index in [1.807, 2.05) is 37.3 Å². The third-order valence-electron chi connectivity index (χ3n) is 2.52. The van der Waals surface area contributed by atoms with E-state index in [-0.39, 0.29) is 42.2 Å². The van der Waals surface area contributed by atoms with E-state index in [2.05, 4.69) is 15.0 Å². The van der Waals surface area contributed by atoms with Gasteiger partial charge >= 0.3 is 0 Å². The minimum absolute atomic E-state index is 0. The molecule has 0 unspecified atom stereocenters. The molecule has 21 heavy (non-hydrogen) atoms. The first-order valence-electron chi connectivity index (χ1n) is 6.58. The Hall–Kier alpha value is -0.870. The van der Waals surface area contributed by atoms with E-state index >= 15 is 0 Å². The van der Waals surface area contributed by atoms with Crippen LogP contribution in [0.4, 0.5) is 0 Å². The van der Waals surface area contributed by atoms with Crippen molar-refractivity contribution in [3.05, 3.63) is 35.9 Å². The Labute approximate surface area is 143 Å². The number of rotatable bonds is 8. The first kappa shape index (κ1) is 20.1. The standard InChI is InChI=1S/C13H22N4O2S.HI/c1-2-8-15-13(14)16-9-10-20(18,19)17-11-12-6-4-3-5-7-12;/h3-7,17H,2,8-11H2,1H3,(H3,14,15,16);1H. The first-order chi connectivity index (χ1) is 9.53. The summed E-state index contributed by atoms with van der Waals surface area (Å²) in [5.41, 5.74) is 6.50. The lowest BCUT2D eigenvalue weighted by Crippen LogP contribution is -2.38. The van der Waals surface area contributed by atoms with Crippen LogP contribution < -0.4 is 15.8 Å². The van der Waals surface area contributed by atoms with Gasteiger partial charge in [-0.3, -0.25) is 4.99 Å². The molecule has 120 valence electrons. The van der Waals surface area contributed by atoms with E-state index in [1.165, 1.54) is 0 Å². The molecular formula is C13H23IN4O2S. The molecule has 0 aliphatic rings. The average molecular weight is 426 g/mol. The number of benzene rings is 1. The van der Waals surface area contributed by atoms with Crippen molar-refractivity contribution in [3.63, 3.8) is 0 Å². The topological polar surface area (TPSA) is 96.6 Å². The summed E-state index contributed by atoms with van der Waals surface area (Å²) in [5.74, 6) is 0.243. The number of nitrogens with two attached hydrogens (primary N) is 1. The second-order valence-corrected chi connectivity index (χ2v) is 6.25. The van der Waals surface area contributed by atoms with Crippen molar-refractivity contribution in [2.24, 2.45) is 10.7 Å². The molecule has 1 aromatic rings. The van der Waals surface area contributed by atoms with Gasteiger partial charge in [0.05, 0.1) is 5.75 Å². The molecule has 0 aliphatic carbocycles. The first-order valence-corrected chi connectivity index (χ1v) is 8.24. The lowest BCUT2D eigenvalue weighted by molar-refractivity contribution is 0.580. The molecule has 8 heteroatoms. The van der Waals surface area contributed by atoms with Crippen LogP contribution in [0.15, 0.2) is 35.3 Å². The molecule has 4 N–H and O–H groups in total. The number of hydrogen-bond donors (Lipinski definition) is 3. The molecule has 0 aromatic heterocycles. The highest BCUT2D eigenvalue weighted by Gasteiger charge is 2.09. The largest absolute Gasteiger partial charge is 0.370 e. The van der Waals surface area contributed by atoms with Crippen LogP contribution in [0.25, 0.3) is 0 Å². The van der Waals surface area contributed by atoms with Crippen LogP contribution in [0.2, 0.25) is 0 Å². The third-order valence-corrected chi connectivity index (χ3v) is 3.85. The quantitative estimate of drug-likeness (QED) is 0.329. The summed E-state index contributed by atoms with van der Waals surface area (Å²) in [5, 5.41) is 2.78. The van der Waals surface area contributed by atoms with Gasteiger partial charge in [0.1, 0.15) is 0 Å². The zero-order chi connectivity index (χ0) is 14.8. The summed E-state index contributed by atoms with van der Waals surface area (Å²) in [6.45, 7) is 3.17. The molecule has 0 saturated carbocycles. The van der Waals surface area contributed by atoms with Crippen molar-refractivity contribution >= 4 is 40.0 Å². The minimum Gasteiger partial charge on any atom is -0.370 e. The maximum absolute atomic E-state index is 11.8. The third kappa shape index (κ3) is 9.64. The summed E-state index contributed by atoms with van der Waals surface area (Å²) < 4.78 is 26.1. The van der Waals surface area contributed by atoms with Gasteiger partial charge in [-0.25, -0.2) is 13.1 Å². The van der Waals surface area contributed by atoms with Gasteiger partial charge in [0.2, 0.25) is 10.0 Å².